The van der Waals surface area contributed by atoms with Gasteiger partial charge in [-0.1, -0.05) is 0 Å². The summed E-state index contributed by atoms with van der Waals surface area (Å²) in [7, 11) is 0. The van der Waals surface area contributed by atoms with Crippen molar-refractivity contribution in [1.29, 1.82) is 0 Å². The topological polar surface area (TPSA) is 0 Å². The second-order valence-corrected chi connectivity index (χ2v) is 0. The van der Waals surface area contributed by atoms with Gasteiger partial charge in [0.15, 0.2) is 0 Å². The van der Waals surface area contributed by atoms with Crippen molar-refractivity contribution in [3.63, 3.8) is 0 Å². The van der Waals surface area contributed by atoms with E-state index in [9.17, 15) is 0 Å². The minimum atomic E-state index is 0. The molecule has 0 unspecified atom stereocenters. The van der Waals surface area contributed by atoms with Gasteiger partial charge in [-0.3, -0.25) is 0 Å². The molecule has 0 nitrogen and oxygen atoms in total. The van der Waals surface area contributed by atoms with Crippen LogP contribution in [0.3, 0.4) is 0 Å². The summed E-state index contributed by atoms with van der Waals surface area (Å²) in [5.74, 6) is 0. The number of hydrogen-bond acceptors (Lipinski definition) is 0. The molecular weight excluding hydrogens is 198 g/mol. The van der Waals surface area contributed by atoms with Crippen molar-refractivity contribution in [1.82, 2.24) is 0 Å². The van der Waals surface area contributed by atoms with Crippen LogP contribution in [0.4, 0.5) is 0 Å². The number of halogens is 2. The summed E-state index contributed by atoms with van der Waals surface area (Å²) in [5.41, 5.74) is 0. The quantitative estimate of drug-likeness (QED) is 0.339. The van der Waals surface area contributed by atoms with E-state index in [1.54, 1.807) is 0 Å². The van der Waals surface area contributed by atoms with Crippen LogP contribution in [-0.2, 0) is 0 Å². The van der Waals surface area contributed by atoms with Crippen LogP contribution < -0.4 is 78.3 Å². The Morgan fingerprint density at radius 3 is 0.750 bits per heavy atom. The van der Waals surface area contributed by atoms with Crippen LogP contribution in [0.1, 0.15) is 0 Å². The average molecular weight is 198 g/mol. The van der Waals surface area contributed by atoms with Gasteiger partial charge < -0.3 is 9.41 Å². The molecule has 0 N–H and O–H groups in total. The van der Waals surface area contributed by atoms with E-state index >= 15 is 0 Å². The summed E-state index contributed by atoms with van der Waals surface area (Å²) in [6.45, 7) is 0. The minimum absolute atomic E-state index is 0. The SMILES string of the molecule is [Al+3].[Cs+].[F-].[F-]. The van der Waals surface area contributed by atoms with E-state index < -0.39 is 0 Å². The van der Waals surface area contributed by atoms with Gasteiger partial charge in [0.2, 0.25) is 0 Å². The van der Waals surface area contributed by atoms with E-state index in [1.165, 1.54) is 0 Å². The Morgan fingerprint density at radius 1 is 0.750 bits per heavy atom. The van der Waals surface area contributed by atoms with Gasteiger partial charge in [0.1, 0.15) is 0 Å². The average Bonchev–Trinajstić information content (AvgIpc) is 0. The third-order valence-electron chi connectivity index (χ3n) is 0. The second-order valence-electron chi connectivity index (χ2n) is 0. The first kappa shape index (κ1) is 32.0. The third kappa shape index (κ3) is 8.82. The molecule has 0 aliphatic carbocycles. The molecule has 4 heavy (non-hydrogen) atoms. The van der Waals surface area contributed by atoms with Crippen molar-refractivity contribution in [3.8, 4) is 0 Å². The van der Waals surface area contributed by atoms with Crippen molar-refractivity contribution < 1.29 is 78.3 Å². The maximum absolute atomic E-state index is 0. The summed E-state index contributed by atoms with van der Waals surface area (Å²) >= 11 is 0. The predicted octanol–water partition coefficient (Wildman–Crippen LogP) is -9.37. The molecule has 0 aliphatic heterocycles. The van der Waals surface area contributed by atoms with Crippen LogP contribution in [0, 0.1) is 0 Å². The van der Waals surface area contributed by atoms with Gasteiger partial charge in [-0.15, -0.1) is 0 Å². The fraction of sp³-hybridized carbons (Fsp3) is 0. The summed E-state index contributed by atoms with van der Waals surface area (Å²) in [6, 6.07) is 0. The smallest absolute Gasteiger partial charge is 1.00 e. The van der Waals surface area contributed by atoms with Gasteiger partial charge in [0.05, 0.1) is 0 Å². The zero-order chi connectivity index (χ0) is 0. The van der Waals surface area contributed by atoms with Crippen molar-refractivity contribution in [2.24, 2.45) is 0 Å². The molecule has 0 aliphatic rings. The first-order valence-corrected chi connectivity index (χ1v) is 0. The zero-order valence-electron chi connectivity index (χ0n) is 2.33. The third-order valence-corrected chi connectivity index (χ3v) is 0. The number of hydrogen-bond donors (Lipinski definition) is 0. The van der Waals surface area contributed by atoms with E-state index in [2.05, 4.69) is 0 Å². The molecule has 0 heterocycles. The Balaban J connectivity index is 0. The minimum Gasteiger partial charge on any atom is -1.00 e. The van der Waals surface area contributed by atoms with Gasteiger partial charge in [-0.05, 0) is 0 Å². The molecule has 0 saturated heterocycles. The van der Waals surface area contributed by atoms with Crippen LogP contribution in [0.5, 0.6) is 0 Å². The van der Waals surface area contributed by atoms with Gasteiger partial charge >= 0.3 is 86.3 Å². The van der Waals surface area contributed by atoms with Crippen molar-refractivity contribution in [3.05, 3.63) is 0 Å². The molecule has 0 amide bonds. The zero-order valence-corrected chi connectivity index (χ0v) is 9.77. The summed E-state index contributed by atoms with van der Waals surface area (Å²) in [5, 5.41) is 0. The van der Waals surface area contributed by atoms with E-state index in [0.29, 0.717) is 0 Å². The van der Waals surface area contributed by atoms with E-state index in [-0.39, 0.29) is 95.7 Å². The molecule has 0 radical (unpaired) electrons. The summed E-state index contributed by atoms with van der Waals surface area (Å²) in [6.07, 6.45) is 0. The van der Waals surface area contributed by atoms with E-state index in [1.807, 2.05) is 0 Å². The van der Waals surface area contributed by atoms with Crippen molar-refractivity contribution in [2.75, 3.05) is 0 Å². The molecule has 4 heteroatoms. The molecule has 0 aromatic rings. The predicted molar refractivity (Wildman–Crippen MR) is 5.75 cm³/mol. The fourth-order valence-corrected chi connectivity index (χ4v) is 0. The van der Waals surface area contributed by atoms with Gasteiger partial charge in [-0.2, -0.15) is 0 Å². The maximum Gasteiger partial charge on any atom is 3.00 e. The molecule has 0 aromatic carbocycles. The van der Waals surface area contributed by atoms with Crippen LogP contribution in [-0.4, -0.2) is 17.4 Å². The Bertz CT molecular complexity index is 6.00. The Kier molecular flexibility index (Phi) is 144. The van der Waals surface area contributed by atoms with Crippen LogP contribution in [0.2, 0.25) is 0 Å². The molecule has 0 bridgehead atoms. The van der Waals surface area contributed by atoms with Crippen molar-refractivity contribution >= 4 is 17.4 Å². The van der Waals surface area contributed by atoms with Gasteiger partial charge in [0.25, 0.3) is 0 Å². The summed E-state index contributed by atoms with van der Waals surface area (Å²) in [4.78, 5) is 0. The molecule has 0 saturated carbocycles. The second kappa shape index (κ2) is 18.0. The number of rotatable bonds is 0. The molecular formula is AlCsF2+2. The first-order valence-electron chi connectivity index (χ1n) is 0. The largest absolute Gasteiger partial charge is 3.00 e. The van der Waals surface area contributed by atoms with Crippen LogP contribution in [0.15, 0.2) is 0 Å². The summed E-state index contributed by atoms with van der Waals surface area (Å²) < 4.78 is 0. The van der Waals surface area contributed by atoms with Gasteiger partial charge in [-0.25, -0.2) is 0 Å². The molecule has 0 spiro atoms. The standard InChI is InChI=1S/Al.Cs.2FH/h;;2*1H/q+3;+1;;/p-2. The molecule has 0 atom stereocenters. The molecule has 0 aromatic heterocycles. The van der Waals surface area contributed by atoms with Crippen molar-refractivity contribution in [2.45, 2.75) is 0 Å². The van der Waals surface area contributed by atoms with E-state index in [0.717, 1.165) is 0 Å². The normalized spacial score (nSPS) is 0. The molecule has 0 fully saturated rings. The van der Waals surface area contributed by atoms with Crippen LogP contribution in [0.25, 0.3) is 0 Å². The first-order chi connectivity index (χ1) is 0. The Hall–Kier alpha value is 2.44. The molecule has 16 valence electrons. The Morgan fingerprint density at radius 2 is 0.750 bits per heavy atom. The van der Waals surface area contributed by atoms with Crippen LogP contribution >= 0.6 is 0 Å². The monoisotopic (exact) mass is 198 g/mol. The molecule has 0 rings (SSSR count). The maximum atomic E-state index is 0. The fourth-order valence-electron chi connectivity index (χ4n) is 0. The van der Waals surface area contributed by atoms with Gasteiger partial charge in [0, 0.05) is 0 Å². The Labute approximate surface area is 93.0 Å². The van der Waals surface area contributed by atoms with E-state index in [4.69, 9.17) is 0 Å².